The monoisotopic (exact) mass is 388 g/mol. The van der Waals surface area contributed by atoms with Crippen LogP contribution in [-0.4, -0.2) is 69.7 Å². The van der Waals surface area contributed by atoms with Crippen LogP contribution < -0.4 is 10.2 Å². The number of carbonyl (C=O) groups is 1. The Bertz CT molecular complexity index is 835. The van der Waals surface area contributed by atoms with Gasteiger partial charge < -0.3 is 15.1 Å². The largest absolute Gasteiger partial charge is 0.355 e. The molecule has 144 valence electrons. The molecule has 1 aliphatic heterocycles. The molecule has 0 bridgehead atoms. The Morgan fingerprint density at radius 3 is 2.70 bits per heavy atom. The van der Waals surface area contributed by atoms with E-state index in [1.165, 1.54) is 0 Å². The van der Waals surface area contributed by atoms with E-state index in [-0.39, 0.29) is 12.5 Å². The number of rotatable bonds is 5. The molecule has 8 nitrogen and oxygen atoms in total. The smallest absolute Gasteiger partial charge is 0.246 e. The molecule has 1 amide bonds. The summed E-state index contributed by atoms with van der Waals surface area (Å²) in [4.78, 5) is 21.2. The summed E-state index contributed by atoms with van der Waals surface area (Å²) in [6.45, 7) is 2.00. The van der Waals surface area contributed by atoms with Crippen LogP contribution in [0.5, 0.6) is 0 Å². The molecule has 1 fully saturated rings. The molecule has 1 atom stereocenters. The number of carbonyl (C=O) groups excluding carboxylic acids is 1. The van der Waals surface area contributed by atoms with Crippen LogP contribution in [0.3, 0.4) is 0 Å². The van der Waals surface area contributed by atoms with E-state index in [1.54, 1.807) is 22.8 Å². The van der Waals surface area contributed by atoms with Crippen LogP contribution in [0.25, 0.3) is 0 Å². The van der Waals surface area contributed by atoms with Crippen molar-refractivity contribution in [3.63, 3.8) is 0 Å². The maximum absolute atomic E-state index is 12.5. The van der Waals surface area contributed by atoms with Crippen molar-refractivity contribution in [2.75, 3.05) is 43.9 Å². The van der Waals surface area contributed by atoms with Gasteiger partial charge in [-0.05, 0) is 12.1 Å². The van der Waals surface area contributed by atoms with Gasteiger partial charge in [-0.25, -0.2) is 0 Å². The fourth-order valence-electron chi connectivity index (χ4n) is 2.95. The molecular formula is C18H24N6O2S. The second-order valence-corrected chi connectivity index (χ2v) is 7.75. The minimum absolute atomic E-state index is 0.00469. The van der Waals surface area contributed by atoms with Gasteiger partial charge in [0.2, 0.25) is 5.91 Å². The van der Waals surface area contributed by atoms with E-state index in [9.17, 15) is 9.00 Å². The number of amides is 1. The van der Waals surface area contributed by atoms with Gasteiger partial charge in [-0.3, -0.25) is 18.7 Å². The van der Waals surface area contributed by atoms with Crippen molar-refractivity contribution in [1.82, 2.24) is 20.0 Å². The average Bonchev–Trinajstić information content (AvgIpc) is 3.11. The van der Waals surface area contributed by atoms with Crippen LogP contribution in [0, 0.1) is 0 Å². The second kappa shape index (κ2) is 8.81. The summed E-state index contributed by atoms with van der Waals surface area (Å²) in [6.07, 6.45) is 3.53. The molecule has 1 unspecified atom stereocenters. The SMILES string of the molecule is CN=C(NCCS(=O)c1ccccc1)N1CCN(c2cnn(C)c2)C(=O)C1. The lowest BCUT2D eigenvalue weighted by atomic mass is 10.3. The molecule has 27 heavy (non-hydrogen) atoms. The Hall–Kier alpha value is -2.68. The highest BCUT2D eigenvalue weighted by Crippen LogP contribution is 2.16. The predicted octanol–water partition coefficient (Wildman–Crippen LogP) is 0.452. The van der Waals surface area contributed by atoms with Gasteiger partial charge in [0.05, 0.1) is 22.7 Å². The van der Waals surface area contributed by atoms with Gasteiger partial charge in [0.25, 0.3) is 0 Å². The number of aliphatic imine (C=N–C) groups is 1. The molecule has 3 rings (SSSR count). The topological polar surface area (TPSA) is 82.8 Å². The van der Waals surface area contributed by atoms with Crippen molar-refractivity contribution in [1.29, 1.82) is 0 Å². The highest BCUT2D eigenvalue weighted by molar-refractivity contribution is 7.85. The first-order valence-corrected chi connectivity index (χ1v) is 10.1. The van der Waals surface area contributed by atoms with Gasteiger partial charge in [-0.1, -0.05) is 18.2 Å². The fraction of sp³-hybridized carbons (Fsp3) is 0.389. The Balaban J connectivity index is 1.51. The summed E-state index contributed by atoms with van der Waals surface area (Å²) in [7, 11) is 2.46. The summed E-state index contributed by atoms with van der Waals surface area (Å²) in [5.41, 5.74) is 0.809. The zero-order valence-electron chi connectivity index (χ0n) is 15.5. The summed E-state index contributed by atoms with van der Waals surface area (Å²) in [6, 6.07) is 9.39. The highest BCUT2D eigenvalue weighted by atomic mass is 32.2. The number of anilines is 1. The predicted molar refractivity (Wildman–Crippen MR) is 106 cm³/mol. The Labute approximate surface area is 161 Å². The molecule has 1 aromatic heterocycles. The van der Waals surface area contributed by atoms with Gasteiger partial charge in [0, 0.05) is 50.6 Å². The van der Waals surface area contributed by atoms with E-state index in [2.05, 4.69) is 15.4 Å². The molecule has 1 saturated heterocycles. The summed E-state index contributed by atoms with van der Waals surface area (Å²) < 4.78 is 14.0. The van der Waals surface area contributed by atoms with E-state index in [0.717, 1.165) is 10.6 Å². The van der Waals surface area contributed by atoms with Crippen molar-refractivity contribution < 1.29 is 9.00 Å². The van der Waals surface area contributed by atoms with Crippen LogP contribution in [0.4, 0.5) is 5.69 Å². The lowest BCUT2D eigenvalue weighted by Crippen LogP contribution is -2.55. The molecule has 0 aliphatic carbocycles. The van der Waals surface area contributed by atoms with E-state index >= 15 is 0 Å². The first kappa shape index (κ1) is 19.1. The fourth-order valence-corrected chi connectivity index (χ4v) is 3.94. The van der Waals surface area contributed by atoms with Crippen molar-refractivity contribution in [2.45, 2.75) is 4.90 Å². The normalized spacial score (nSPS) is 16.5. The number of aromatic nitrogens is 2. The molecule has 0 radical (unpaired) electrons. The number of piperazine rings is 1. The number of benzene rings is 1. The zero-order valence-corrected chi connectivity index (χ0v) is 16.4. The van der Waals surface area contributed by atoms with Gasteiger partial charge in [-0.15, -0.1) is 0 Å². The van der Waals surface area contributed by atoms with Gasteiger partial charge in [-0.2, -0.15) is 5.10 Å². The molecular weight excluding hydrogens is 364 g/mol. The first-order chi connectivity index (χ1) is 13.1. The van der Waals surface area contributed by atoms with Crippen LogP contribution in [0.15, 0.2) is 52.6 Å². The molecule has 0 saturated carbocycles. The molecule has 2 heterocycles. The molecule has 9 heteroatoms. The minimum atomic E-state index is -1.06. The van der Waals surface area contributed by atoms with Crippen molar-refractivity contribution in [3.8, 4) is 0 Å². The van der Waals surface area contributed by atoms with Crippen LogP contribution >= 0.6 is 0 Å². The Morgan fingerprint density at radius 2 is 2.07 bits per heavy atom. The van der Waals surface area contributed by atoms with Gasteiger partial charge in [0.15, 0.2) is 5.96 Å². The third kappa shape index (κ3) is 4.73. The lowest BCUT2D eigenvalue weighted by molar-refractivity contribution is -0.120. The highest BCUT2D eigenvalue weighted by Gasteiger charge is 2.27. The van der Waals surface area contributed by atoms with Gasteiger partial charge in [0.1, 0.15) is 6.54 Å². The third-order valence-electron chi connectivity index (χ3n) is 4.31. The summed E-state index contributed by atoms with van der Waals surface area (Å²) in [5, 5.41) is 7.34. The lowest BCUT2D eigenvalue weighted by Gasteiger charge is -2.35. The molecule has 1 N–H and O–H groups in total. The number of nitrogens with zero attached hydrogens (tertiary/aromatic N) is 5. The molecule has 0 spiro atoms. The molecule has 1 aromatic carbocycles. The Morgan fingerprint density at radius 1 is 1.30 bits per heavy atom. The number of nitrogens with one attached hydrogen (secondary N) is 1. The molecule has 1 aliphatic rings. The van der Waals surface area contributed by atoms with Crippen molar-refractivity contribution in [3.05, 3.63) is 42.7 Å². The number of guanidine groups is 1. The van der Waals surface area contributed by atoms with E-state index in [1.807, 2.05) is 48.5 Å². The van der Waals surface area contributed by atoms with E-state index in [0.29, 0.717) is 31.3 Å². The Kier molecular flexibility index (Phi) is 6.23. The standard InChI is InChI=1S/C18H24N6O2S/c1-19-18(20-8-11-27(26)16-6-4-3-5-7-16)23-9-10-24(17(25)14-23)15-12-21-22(2)13-15/h3-7,12-13H,8-11,14H2,1-2H3,(H,19,20). The van der Waals surface area contributed by atoms with E-state index < -0.39 is 10.8 Å². The first-order valence-electron chi connectivity index (χ1n) is 8.76. The summed E-state index contributed by atoms with van der Waals surface area (Å²) >= 11 is 0. The van der Waals surface area contributed by atoms with Crippen molar-refractivity contribution >= 4 is 28.4 Å². The minimum Gasteiger partial charge on any atom is -0.355 e. The molecule has 2 aromatic rings. The van der Waals surface area contributed by atoms with Crippen LogP contribution in [0.2, 0.25) is 0 Å². The van der Waals surface area contributed by atoms with Crippen LogP contribution in [0.1, 0.15) is 0 Å². The maximum Gasteiger partial charge on any atom is 0.246 e. The quantitative estimate of drug-likeness (QED) is 0.594. The third-order valence-corrected chi connectivity index (χ3v) is 5.68. The number of aryl methyl sites for hydroxylation is 1. The van der Waals surface area contributed by atoms with Crippen LogP contribution in [-0.2, 0) is 22.6 Å². The number of hydrogen-bond donors (Lipinski definition) is 1. The van der Waals surface area contributed by atoms with Gasteiger partial charge >= 0.3 is 0 Å². The average molecular weight is 388 g/mol. The second-order valence-electron chi connectivity index (χ2n) is 6.18. The zero-order chi connectivity index (χ0) is 19.2. The van der Waals surface area contributed by atoms with Crippen molar-refractivity contribution in [2.24, 2.45) is 12.0 Å². The summed E-state index contributed by atoms with van der Waals surface area (Å²) in [5.74, 6) is 1.14. The number of hydrogen-bond acceptors (Lipinski definition) is 4. The maximum atomic E-state index is 12.5. The van der Waals surface area contributed by atoms with E-state index in [4.69, 9.17) is 0 Å².